The van der Waals surface area contributed by atoms with Crippen molar-refractivity contribution in [2.45, 2.75) is 26.5 Å². The number of benzene rings is 2. The summed E-state index contributed by atoms with van der Waals surface area (Å²) in [5.41, 5.74) is 2.42. The zero-order valence-corrected chi connectivity index (χ0v) is 14.1. The average Bonchev–Trinajstić information content (AvgIpc) is 2.51. The van der Waals surface area contributed by atoms with Crippen LogP contribution in [0.4, 0.5) is 4.79 Å². The van der Waals surface area contributed by atoms with Crippen LogP contribution in [0.1, 0.15) is 18.1 Å². The molecule has 0 bridgehead atoms. The van der Waals surface area contributed by atoms with Gasteiger partial charge in [-0.05, 0) is 50.1 Å². The average molecular weight is 333 g/mol. The summed E-state index contributed by atoms with van der Waals surface area (Å²) >= 11 is 5.81. The van der Waals surface area contributed by atoms with Crippen molar-refractivity contribution in [2.75, 3.05) is 6.54 Å². The molecule has 0 aliphatic carbocycles. The molecule has 2 amide bonds. The van der Waals surface area contributed by atoms with Crippen molar-refractivity contribution in [3.05, 3.63) is 64.7 Å². The summed E-state index contributed by atoms with van der Waals surface area (Å²) in [6.45, 7) is 4.40. The van der Waals surface area contributed by atoms with E-state index in [1.165, 1.54) is 11.1 Å². The Labute approximate surface area is 141 Å². The topological polar surface area (TPSA) is 50.4 Å². The highest BCUT2D eigenvalue weighted by Gasteiger charge is 2.08. The van der Waals surface area contributed by atoms with Gasteiger partial charge in [-0.1, -0.05) is 41.4 Å². The predicted molar refractivity (Wildman–Crippen MR) is 93.0 cm³/mol. The van der Waals surface area contributed by atoms with E-state index in [0.717, 1.165) is 6.42 Å². The lowest BCUT2D eigenvalue weighted by atomic mass is 10.1. The van der Waals surface area contributed by atoms with Crippen LogP contribution in [0.15, 0.2) is 48.5 Å². The standard InChI is InChI=1S/C18H21ClN2O2/c1-13-3-5-15(6-4-13)11-12-20-18(22)21-14(2)23-17-9-7-16(19)8-10-17/h3-10,14H,11-12H2,1-2H3,(H2,20,21,22). The van der Waals surface area contributed by atoms with Crippen LogP contribution in [0.2, 0.25) is 5.02 Å². The van der Waals surface area contributed by atoms with Crippen molar-refractivity contribution < 1.29 is 9.53 Å². The molecule has 23 heavy (non-hydrogen) atoms. The minimum Gasteiger partial charge on any atom is -0.471 e. The first-order valence-electron chi connectivity index (χ1n) is 7.55. The second-order valence-electron chi connectivity index (χ2n) is 5.35. The minimum absolute atomic E-state index is 0.251. The molecule has 1 unspecified atom stereocenters. The maximum absolute atomic E-state index is 11.8. The van der Waals surface area contributed by atoms with Gasteiger partial charge in [0.15, 0.2) is 6.23 Å². The summed E-state index contributed by atoms with van der Waals surface area (Å²) < 4.78 is 5.59. The van der Waals surface area contributed by atoms with E-state index in [1.807, 2.05) is 0 Å². The summed E-state index contributed by atoms with van der Waals surface area (Å²) in [5, 5.41) is 6.20. The van der Waals surface area contributed by atoms with Gasteiger partial charge in [-0.25, -0.2) is 4.79 Å². The van der Waals surface area contributed by atoms with Crippen molar-refractivity contribution in [1.82, 2.24) is 10.6 Å². The molecular formula is C18H21ClN2O2. The largest absolute Gasteiger partial charge is 0.471 e. The number of hydrogen-bond donors (Lipinski definition) is 2. The minimum atomic E-state index is -0.435. The Hall–Kier alpha value is -2.20. The third kappa shape index (κ3) is 6.20. The molecule has 0 fully saturated rings. The number of urea groups is 1. The zero-order chi connectivity index (χ0) is 16.7. The molecule has 5 heteroatoms. The van der Waals surface area contributed by atoms with Crippen LogP contribution in [0, 0.1) is 6.92 Å². The van der Waals surface area contributed by atoms with E-state index in [-0.39, 0.29) is 6.03 Å². The smallest absolute Gasteiger partial charge is 0.317 e. The number of aryl methyl sites for hydroxylation is 1. The van der Waals surface area contributed by atoms with Crippen molar-refractivity contribution in [1.29, 1.82) is 0 Å². The molecule has 0 aromatic heterocycles. The van der Waals surface area contributed by atoms with Crippen LogP contribution in [-0.2, 0) is 6.42 Å². The van der Waals surface area contributed by atoms with Gasteiger partial charge in [0.25, 0.3) is 0 Å². The maximum Gasteiger partial charge on any atom is 0.317 e. The van der Waals surface area contributed by atoms with Gasteiger partial charge in [0, 0.05) is 11.6 Å². The van der Waals surface area contributed by atoms with Gasteiger partial charge in [-0.3, -0.25) is 0 Å². The van der Waals surface area contributed by atoms with E-state index < -0.39 is 6.23 Å². The monoisotopic (exact) mass is 332 g/mol. The third-order valence-corrected chi connectivity index (χ3v) is 3.53. The molecule has 0 spiro atoms. The predicted octanol–water partition coefficient (Wildman–Crippen LogP) is 3.92. The van der Waals surface area contributed by atoms with E-state index in [1.54, 1.807) is 31.2 Å². The number of hydrogen-bond acceptors (Lipinski definition) is 2. The van der Waals surface area contributed by atoms with E-state index in [9.17, 15) is 4.79 Å². The van der Waals surface area contributed by atoms with Gasteiger partial charge in [0.05, 0.1) is 0 Å². The summed E-state index contributed by atoms with van der Waals surface area (Å²) in [7, 11) is 0. The fourth-order valence-electron chi connectivity index (χ4n) is 2.06. The van der Waals surface area contributed by atoms with Gasteiger partial charge in [-0.2, -0.15) is 0 Å². The molecule has 2 rings (SSSR count). The normalized spacial score (nSPS) is 11.6. The van der Waals surface area contributed by atoms with Crippen molar-refractivity contribution in [2.24, 2.45) is 0 Å². The second kappa shape index (κ2) is 8.44. The molecule has 0 radical (unpaired) electrons. The van der Waals surface area contributed by atoms with Gasteiger partial charge in [0.1, 0.15) is 5.75 Å². The molecular weight excluding hydrogens is 312 g/mol. The van der Waals surface area contributed by atoms with E-state index in [2.05, 4.69) is 41.8 Å². The molecule has 2 N–H and O–H groups in total. The SMILES string of the molecule is Cc1ccc(CCNC(=O)NC(C)Oc2ccc(Cl)cc2)cc1. The summed E-state index contributed by atoms with van der Waals surface area (Å²) in [6.07, 6.45) is 0.357. The first-order chi connectivity index (χ1) is 11.0. The zero-order valence-electron chi connectivity index (χ0n) is 13.3. The van der Waals surface area contributed by atoms with Crippen molar-refractivity contribution in [3.8, 4) is 5.75 Å². The highest BCUT2D eigenvalue weighted by molar-refractivity contribution is 6.30. The second-order valence-corrected chi connectivity index (χ2v) is 5.79. The lowest BCUT2D eigenvalue weighted by molar-refractivity contribution is 0.177. The Balaban J connectivity index is 1.69. The fourth-order valence-corrected chi connectivity index (χ4v) is 2.18. The van der Waals surface area contributed by atoms with Crippen LogP contribution < -0.4 is 15.4 Å². The van der Waals surface area contributed by atoms with Crippen LogP contribution >= 0.6 is 11.6 Å². The number of carbonyl (C=O) groups excluding carboxylic acids is 1. The first-order valence-corrected chi connectivity index (χ1v) is 7.93. The van der Waals surface area contributed by atoms with E-state index in [4.69, 9.17) is 16.3 Å². The molecule has 2 aromatic carbocycles. The highest BCUT2D eigenvalue weighted by atomic mass is 35.5. The van der Waals surface area contributed by atoms with Crippen LogP contribution in [0.3, 0.4) is 0 Å². The lowest BCUT2D eigenvalue weighted by Crippen LogP contribution is -2.43. The molecule has 0 saturated carbocycles. The quantitative estimate of drug-likeness (QED) is 0.788. The number of carbonyl (C=O) groups is 1. The Kier molecular flexibility index (Phi) is 6.29. The Morgan fingerprint density at radius 3 is 2.43 bits per heavy atom. The van der Waals surface area contributed by atoms with Crippen LogP contribution in [0.25, 0.3) is 0 Å². The molecule has 4 nitrogen and oxygen atoms in total. The fraction of sp³-hybridized carbons (Fsp3) is 0.278. The number of halogens is 1. The Morgan fingerprint density at radius 1 is 1.13 bits per heavy atom. The summed E-state index contributed by atoms with van der Waals surface area (Å²) in [5.74, 6) is 0.654. The van der Waals surface area contributed by atoms with Crippen LogP contribution in [0.5, 0.6) is 5.75 Å². The molecule has 0 saturated heterocycles. The Bertz CT molecular complexity index is 626. The van der Waals surface area contributed by atoms with Crippen molar-refractivity contribution in [3.63, 3.8) is 0 Å². The van der Waals surface area contributed by atoms with Gasteiger partial charge in [-0.15, -0.1) is 0 Å². The lowest BCUT2D eigenvalue weighted by Gasteiger charge is -2.16. The number of amides is 2. The molecule has 0 heterocycles. The van der Waals surface area contributed by atoms with Crippen LogP contribution in [-0.4, -0.2) is 18.8 Å². The maximum atomic E-state index is 11.8. The molecule has 0 aliphatic heterocycles. The van der Waals surface area contributed by atoms with Crippen molar-refractivity contribution >= 4 is 17.6 Å². The highest BCUT2D eigenvalue weighted by Crippen LogP contribution is 2.16. The van der Waals surface area contributed by atoms with E-state index in [0.29, 0.717) is 17.3 Å². The molecule has 122 valence electrons. The molecule has 2 aromatic rings. The molecule has 0 aliphatic rings. The molecule has 1 atom stereocenters. The number of nitrogens with one attached hydrogen (secondary N) is 2. The van der Waals surface area contributed by atoms with Gasteiger partial charge >= 0.3 is 6.03 Å². The number of rotatable bonds is 6. The number of ether oxygens (including phenoxy) is 1. The van der Waals surface area contributed by atoms with Gasteiger partial charge in [0.2, 0.25) is 0 Å². The summed E-state index contributed by atoms with van der Waals surface area (Å²) in [6, 6.07) is 15.0. The first kappa shape index (κ1) is 17.2. The Morgan fingerprint density at radius 2 is 1.78 bits per heavy atom. The summed E-state index contributed by atoms with van der Waals surface area (Å²) in [4.78, 5) is 11.8. The third-order valence-electron chi connectivity index (χ3n) is 3.28. The van der Waals surface area contributed by atoms with E-state index >= 15 is 0 Å². The van der Waals surface area contributed by atoms with Gasteiger partial charge < -0.3 is 15.4 Å².